The average molecular weight is 506 g/mol. The van der Waals surface area contributed by atoms with Gasteiger partial charge in [0, 0.05) is 42.3 Å². The molecule has 1 aliphatic heterocycles. The van der Waals surface area contributed by atoms with Gasteiger partial charge in [0.25, 0.3) is 5.91 Å². The maximum Gasteiger partial charge on any atom is 0.255 e. The molecule has 2 aromatic carbocycles. The number of halogens is 3. The van der Waals surface area contributed by atoms with E-state index in [0.717, 1.165) is 4.47 Å². The van der Waals surface area contributed by atoms with Crippen LogP contribution >= 0.6 is 27.5 Å². The Morgan fingerprint density at radius 1 is 1.19 bits per heavy atom. The van der Waals surface area contributed by atoms with Crippen molar-refractivity contribution in [3.8, 4) is 11.6 Å². The Morgan fingerprint density at radius 2 is 2.00 bits per heavy atom. The fraction of sp³-hybridized carbons (Fsp3) is 0.227. The smallest absolute Gasteiger partial charge is 0.255 e. The molecule has 6 nitrogen and oxygen atoms in total. The van der Waals surface area contributed by atoms with E-state index in [-0.39, 0.29) is 17.0 Å². The Kier molecular flexibility index (Phi) is 6.38. The molecule has 9 heteroatoms. The molecule has 1 amide bonds. The molecule has 160 valence electrons. The normalized spacial score (nSPS) is 16.3. The summed E-state index contributed by atoms with van der Waals surface area (Å²) in [5.74, 6) is 0.888. The fourth-order valence-electron chi connectivity index (χ4n) is 3.48. The quantitative estimate of drug-likeness (QED) is 0.489. The number of amides is 1. The SMILES string of the molecule is CC1CN(c2cc(Oc3ccc(F)c(Cl)c3)ncn2)CCN1C(=O)c1ccccc1Br. The summed E-state index contributed by atoms with van der Waals surface area (Å²) in [6.07, 6.45) is 1.42. The summed E-state index contributed by atoms with van der Waals surface area (Å²) in [5.41, 5.74) is 0.651. The molecular weight excluding hydrogens is 487 g/mol. The number of ether oxygens (including phenoxy) is 1. The van der Waals surface area contributed by atoms with Crippen molar-refractivity contribution in [1.82, 2.24) is 14.9 Å². The summed E-state index contributed by atoms with van der Waals surface area (Å²) in [7, 11) is 0. The van der Waals surface area contributed by atoms with Gasteiger partial charge in [-0.05, 0) is 47.1 Å². The maximum atomic E-state index is 13.3. The summed E-state index contributed by atoms with van der Waals surface area (Å²) in [6.45, 7) is 3.82. The van der Waals surface area contributed by atoms with E-state index < -0.39 is 5.82 Å². The van der Waals surface area contributed by atoms with Crippen LogP contribution in [-0.2, 0) is 0 Å². The van der Waals surface area contributed by atoms with Crippen LogP contribution in [0.2, 0.25) is 5.02 Å². The van der Waals surface area contributed by atoms with E-state index >= 15 is 0 Å². The highest BCUT2D eigenvalue weighted by Gasteiger charge is 2.29. The van der Waals surface area contributed by atoms with Crippen LogP contribution in [0.1, 0.15) is 17.3 Å². The number of nitrogens with zero attached hydrogens (tertiary/aromatic N) is 4. The first-order valence-corrected chi connectivity index (χ1v) is 10.8. The van der Waals surface area contributed by atoms with E-state index in [1.165, 1.54) is 24.5 Å². The third-order valence-electron chi connectivity index (χ3n) is 5.06. The van der Waals surface area contributed by atoms with Crippen LogP contribution in [0.15, 0.2) is 59.3 Å². The van der Waals surface area contributed by atoms with E-state index in [2.05, 4.69) is 30.8 Å². The van der Waals surface area contributed by atoms with Gasteiger partial charge in [0.2, 0.25) is 5.88 Å². The minimum atomic E-state index is -0.513. The molecule has 0 spiro atoms. The van der Waals surface area contributed by atoms with Gasteiger partial charge in [0.05, 0.1) is 10.6 Å². The molecular formula is C22H19BrClFN4O2. The Bertz CT molecular complexity index is 1120. The average Bonchev–Trinajstić information content (AvgIpc) is 2.76. The van der Waals surface area contributed by atoms with Crippen LogP contribution in [0, 0.1) is 5.82 Å². The molecule has 0 radical (unpaired) electrons. The Balaban J connectivity index is 1.45. The van der Waals surface area contributed by atoms with Crippen LogP contribution in [-0.4, -0.2) is 46.5 Å². The number of carbonyl (C=O) groups is 1. The molecule has 3 aromatic rings. The zero-order valence-corrected chi connectivity index (χ0v) is 19.0. The number of aromatic nitrogens is 2. The molecule has 4 rings (SSSR count). The zero-order valence-electron chi connectivity index (χ0n) is 16.6. The number of piperazine rings is 1. The number of carbonyl (C=O) groups excluding carboxylic acids is 1. The second kappa shape index (κ2) is 9.20. The topological polar surface area (TPSA) is 58.6 Å². The van der Waals surface area contributed by atoms with Gasteiger partial charge in [-0.25, -0.2) is 14.4 Å². The lowest BCUT2D eigenvalue weighted by Gasteiger charge is -2.40. The summed E-state index contributed by atoms with van der Waals surface area (Å²) < 4.78 is 19.8. The van der Waals surface area contributed by atoms with Crippen LogP contribution < -0.4 is 9.64 Å². The van der Waals surface area contributed by atoms with Gasteiger partial charge >= 0.3 is 0 Å². The number of hydrogen-bond acceptors (Lipinski definition) is 5. The molecule has 1 saturated heterocycles. The van der Waals surface area contributed by atoms with Gasteiger partial charge < -0.3 is 14.5 Å². The first-order chi connectivity index (χ1) is 14.9. The highest BCUT2D eigenvalue weighted by atomic mass is 79.9. The molecule has 1 aromatic heterocycles. The van der Waals surface area contributed by atoms with Crippen molar-refractivity contribution in [3.05, 3.63) is 75.7 Å². The molecule has 1 atom stereocenters. The lowest BCUT2D eigenvalue weighted by atomic mass is 10.1. The van der Waals surface area contributed by atoms with Crippen molar-refractivity contribution >= 4 is 39.3 Å². The lowest BCUT2D eigenvalue weighted by molar-refractivity contribution is 0.0672. The predicted octanol–water partition coefficient (Wildman–Crippen LogP) is 5.17. The van der Waals surface area contributed by atoms with Gasteiger partial charge in [-0.3, -0.25) is 4.79 Å². The zero-order chi connectivity index (χ0) is 22.0. The van der Waals surface area contributed by atoms with Crippen LogP contribution in [0.25, 0.3) is 0 Å². The van der Waals surface area contributed by atoms with Gasteiger partial charge in [0.1, 0.15) is 23.7 Å². The number of rotatable bonds is 4. The molecule has 1 aliphatic rings. The predicted molar refractivity (Wildman–Crippen MR) is 120 cm³/mol. The molecule has 0 N–H and O–H groups in total. The summed E-state index contributed by atoms with van der Waals surface area (Å²) in [6, 6.07) is 13.3. The summed E-state index contributed by atoms with van der Waals surface area (Å²) >= 11 is 9.27. The molecule has 0 aliphatic carbocycles. The minimum absolute atomic E-state index is 0.000441. The van der Waals surface area contributed by atoms with Crippen LogP contribution in [0.5, 0.6) is 11.6 Å². The van der Waals surface area contributed by atoms with E-state index in [9.17, 15) is 9.18 Å². The maximum absolute atomic E-state index is 13.3. The fourth-order valence-corrected chi connectivity index (χ4v) is 4.10. The molecule has 1 unspecified atom stereocenters. The third kappa shape index (κ3) is 4.80. The summed E-state index contributed by atoms with van der Waals surface area (Å²) in [5, 5.41) is -0.0218. The van der Waals surface area contributed by atoms with Crippen molar-refractivity contribution in [2.24, 2.45) is 0 Å². The Hall–Kier alpha value is -2.71. The second-order valence-electron chi connectivity index (χ2n) is 7.17. The van der Waals surface area contributed by atoms with E-state index in [4.69, 9.17) is 16.3 Å². The Labute approximate surface area is 192 Å². The van der Waals surface area contributed by atoms with Gasteiger partial charge in [-0.15, -0.1) is 0 Å². The standard InChI is InChI=1S/C22H19BrClFN4O2/c1-14-12-28(8-9-29(14)22(30)16-4-2-3-5-17(16)23)20-11-21(27-13-26-20)31-15-6-7-19(25)18(24)10-15/h2-7,10-11,13-14H,8-9,12H2,1H3. The summed E-state index contributed by atoms with van der Waals surface area (Å²) in [4.78, 5) is 25.4. The molecule has 0 bridgehead atoms. The van der Waals surface area contributed by atoms with E-state index in [1.807, 2.05) is 36.1 Å². The Morgan fingerprint density at radius 3 is 2.74 bits per heavy atom. The molecule has 0 saturated carbocycles. The van der Waals surface area contributed by atoms with E-state index in [0.29, 0.717) is 42.6 Å². The van der Waals surface area contributed by atoms with Crippen LogP contribution in [0.4, 0.5) is 10.2 Å². The first kappa shape index (κ1) is 21.5. The highest BCUT2D eigenvalue weighted by molar-refractivity contribution is 9.10. The minimum Gasteiger partial charge on any atom is -0.439 e. The van der Waals surface area contributed by atoms with Gasteiger partial charge in [-0.2, -0.15) is 0 Å². The highest BCUT2D eigenvalue weighted by Crippen LogP contribution is 2.27. The van der Waals surface area contributed by atoms with Gasteiger partial charge in [-0.1, -0.05) is 23.7 Å². The molecule has 31 heavy (non-hydrogen) atoms. The van der Waals surface area contributed by atoms with E-state index in [1.54, 1.807) is 6.07 Å². The largest absolute Gasteiger partial charge is 0.439 e. The van der Waals surface area contributed by atoms with Crippen LogP contribution in [0.3, 0.4) is 0 Å². The molecule has 2 heterocycles. The van der Waals surface area contributed by atoms with Crippen molar-refractivity contribution in [2.45, 2.75) is 13.0 Å². The lowest BCUT2D eigenvalue weighted by Crippen LogP contribution is -2.54. The van der Waals surface area contributed by atoms with Gasteiger partial charge in [0.15, 0.2) is 0 Å². The second-order valence-corrected chi connectivity index (χ2v) is 8.43. The van der Waals surface area contributed by atoms with Crippen molar-refractivity contribution in [3.63, 3.8) is 0 Å². The third-order valence-corrected chi connectivity index (χ3v) is 6.04. The number of benzene rings is 2. The van der Waals surface area contributed by atoms with Crippen molar-refractivity contribution in [2.75, 3.05) is 24.5 Å². The first-order valence-electron chi connectivity index (χ1n) is 9.68. The number of anilines is 1. The van der Waals surface area contributed by atoms with Crippen molar-refractivity contribution < 1.29 is 13.9 Å². The number of hydrogen-bond donors (Lipinski definition) is 0. The molecule has 1 fully saturated rings. The van der Waals surface area contributed by atoms with Crippen molar-refractivity contribution in [1.29, 1.82) is 0 Å². The monoisotopic (exact) mass is 504 g/mol.